The summed E-state index contributed by atoms with van der Waals surface area (Å²) in [5.41, 5.74) is -5.99. The Kier molecular flexibility index (Phi) is 6.12. The number of benzene rings is 2. The van der Waals surface area contributed by atoms with Gasteiger partial charge in [0.05, 0.1) is 12.0 Å². The summed E-state index contributed by atoms with van der Waals surface area (Å²) in [6, 6.07) is 6.65. The van der Waals surface area contributed by atoms with E-state index in [2.05, 4.69) is 4.18 Å². The molecule has 0 saturated carbocycles. The lowest BCUT2D eigenvalue weighted by Crippen LogP contribution is -2.28. The second-order valence-electron chi connectivity index (χ2n) is 5.50. The maximum absolute atomic E-state index is 13.4. The summed E-state index contributed by atoms with van der Waals surface area (Å²) >= 11 is 0. The standard InChI is InChI=1S/C16H13F4NO6S/c1-26-12-5-7-15(27-28(24,25)16(18,19)20)11(9-12)4-2-10-3-6-13(17)14(8-10)21(22)23/h3,5-9H,2,4H2,1H3. The molecule has 0 amide bonds. The number of hydrogen-bond donors (Lipinski definition) is 0. The molecule has 12 heteroatoms. The van der Waals surface area contributed by atoms with E-state index in [0.717, 1.165) is 18.2 Å². The van der Waals surface area contributed by atoms with Crippen LogP contribution >= 0.6 is 0 Å². The number of halogens is 4. The molecule has 0 saturated heterocycles. The molecule has 0 aliphatic heterocycles. The van der Waals surface area contributed by atoms with Crippen molar-refractivity contribution in [3.63, 3.8) is 0 Å². The Morgan fingerprint density at radius 2 is 1.79 bits per heavy atom. The van der Waals surface area contributed by atoms with Gasteiger partial charge in [0.2, 0.25) is 5.82 Å². The van der Waals surface area contributed by atoms with Crippen LogP contribution in [0.15, 0.2) is 36.4 Å². The van der Waals surface area contributed by atoms with Crippen LogP contribution in [0, 0.1) is 15.9 Å². The number of nitro groups is 1. The molecule has 2 aromatic rings. The third-order valence-electron chi connectivity index (χ3n) is 3.64. The molecule has 0 aliphatic rings. The van der Waals surface area contributed by atoms with Gasteiger partial charge in [0.25, 0.3) is 0 Å². The number of nitro benzene ring substituents is 1. The zero-order chi connectivity index (χ0) is 21.1. The fourth-order valence-electron chi connectivity index (χ4n) is 2.26. The van der Waals surface area contributed by atoms with E-state index in [9.17, 15) is 36.1 Å². The van der Waals surface area contributed by atoms with E-state index in [4.69, 9.17) is 4.74 Å². The average molecular weight is 423 g/mol. The topological polar surface area (TPSA) is 95.7 Å². The number of alkyl halides is 3. The van der Waals surface area contributed by atoms with Gasteiger partial charge in [0.15, 0.2) is 0 Å². The molecule has 28 heavy (non-hydrogen) atoms. The molecule has 0 atom stereocenters. The Labute approximate surface area is 156 Å². The summed E-state index contributed by atoms with van der Waals surface area (Å²) in [5.74, 6) is -1.36. The van der Waals surface area contributed by atoms with E-state index in [1.165, 1.54) is 25.3 Å². The van der Waals surface area contributed by atoms with Gasteiger partial charge in [-0.3, -0.25) is 10.1 Å². The predicted octanol–water partition coefficient (Wildman–Crippen LogP) is 3.76. The Morgan fingerprint density at radius 1 is 1.11 bits per heavy atom. The number of nitrogens with zero attached hydrogens (tertiary/aromatic N) is 1. The monoisotopic (exact) mass is 423 g/mol. The van der Waals surface area contributed by atoms with Crippen LogP contribution in [0.2, 0.25) is 0 Å². The number of aryl methyl sites for hydroxylation is 2. The number of ether oxygens (including phenoxy) is 1. The van der Waals surface area contributed by atoms with E-state index < -0.39 is 37.8 Å². The van der Waals surface area contributed by atoms with Gasteiger partial charge in [-0.25, -0.2) is 0 Å². The maximum atomic E-state index is 13.4. The Balaban J connectivity index is 2.32. The van der Waals surface area contributed by atoms with Crippen LogP contribution in [0.1, 0.15) is 11.1 Å². The number of hydrogen-bond acceptors (Lipinski definition) is 6. The van der Waals surface area contributed by atoms with Crippen LogP contribution in [0.4, 0.5) is 23.2 Å². The molecule has 0 unspecified atom stereocenters. The minimum atomic E-state index is -5.88. The van der Waals surface area contributed by atoms with Crippen molar-refractivity contribution in [1.29, 1.82) is 0 Å². The Morgan fingerprint density at radius 3 is 2.36 bits per heavy atom. The van der Waals surface area contributed by atoms with Gasteiger partial charge >= 0.3 is 21.3 Å². The van der Waals surface area contributed by atoms with Gasteiger partial charge in [0, 0.05) is 6.07 Å². The van der Waals surface area contributed by atoms with Crippen molar-refractivity contribution < 1.29 is 39.8 Å². The summed E-state index contributed by atoms with van der Waals surface area (Å²) < 4.78 is 82.8. The predicted molar refractivity (Wildman–Crippen MR) is 89.1 cm³/mol. The molecular formula is C16H13F4NO6S. The molecule has 0 aromatic heterocycles. The van der Waals surface area contributed by atoms with Crippen LogP contribution in [-0.2, 0) is 23.0 Å². The van der Waals surface area contributed by atoms with E-state index >= 15 is 0 Å². The molecule has 2 rings (SSSR count). The second kappa shape index (κ2) is 8.00. The van der Waals surface area contributed by atoms with E-state index in [1.807, 2.05) is 0 Å². The molecule has 2 aromatic carbocycles. The molecule has 0 spiro atoms. The molecule has 0 aliphatic carbocycles. The largest absolute Gasteiger partial charge is 0.534 e. The molecule has 0 radical (unpaired) electrons. The molecule has 152 valence electrons. The van der Waals surface area contributed by atoms with Crippen molar-refractivity contribution in [1.82, 2.24) is 0 Å². The second-order valence-corrected chi connectivity index (χ2v) is 7.04. The first-order valence-corrected chi connectivity index (χ1v) is 8.96. The molecule has 0 heterocycles. The smallest absolute Gasteiger partial charge is 0.497 e. The zero-order valence-corrected chi connectivity index (χ0v) is 15.0. The van der Waals surface area contributed by atoms with Gasteiger partial charge in [-0.1, -0.05) is 6.07 Å². The van der Waals surface area contributed by atoms with Crippen LogP contribution < -0.4 is 8.92 Å². The van der Waals surface area contributed by atoms with Crippen molar-refractivity contribution in [3.05, 3.63) is 63.5 Å². The van der Waals surface area contributed by atoms with E-state index in [0.29, 0.717) is 5.56 Å². The molecule has 0 N–H and O–H groups in total. The van der Waals surface area contributed by atoms with Crippen molar-refractivity contribution in [3.8, 4) is 11.5 Å². The first-order chi connectivity index (χ1) is 12.9. The molecule has 7 nitrogen and oxygen atoms in total. The highest BCUT2D eigenvalue weighted by Gasteiger charge is 2.48. The number of rotatable bonds is 7. The van der Waals surface area contributed by atoms with Gasteiger partial charge in [0.1, 0.15) is 11.5 Å². The molecule has 0 bridgehead atoms. The highest BCUT2D eigenvalue weighted by atomic mass is 32.2. The van der Waals surface area contributed by atoms with Crippen molar-refractivity contribution in [2.45, 2.75) is 18.3 Å². The minimum absolute atomic E-state index is 0.0384. The summed E-state index contributed by atoms with van der Waals surface area (Å²) in [4.78, 5) is 9.88. The van der Waals surface area contributed by atoms with Gasteiger partial charge in [-0.05, 0) is 48.2 Å². The molecular weight excluding hydrogens is 410 g/mol. The fraction of sp³-hybridized carbons (Fsp3) is 0.250. The summed E-state index contributed by atoms with van der Waals surface area (Å²) in [7, 11) is -4.58. The van der Waals surface area contributed by atoms with Gasteiger partial charge in [-0.2, -0.15) is 26.0 Å². The average Bonchev–Trinajstić information content (AvgIpc) is 2.60. The van der Waals surface area contributed by atoms with Crippen molar-refractivity contribution >= 4 is 15.8 Å². The Bertz CT molecular complexity index is 991. The van der Waals surface area contributed by atoms with Crippen LogP contribution in [-0.4, -0.2) is 26.0 Å². The maximum Gasteiger partial charge on any atom is 0.534 e. The minimum Gasteiger partial charge on any atom is -0.497 e. The third kappa shape index (κ3) is 4.88. The van der Waals surface area contributed by atoms with Crippen LogP contribution in [0.3, 0.4) is 0 Å². The lowest BCUT2D eigenvalue weighted by Gasteiger charge is -2.14. The van der Waals surface area contributed by atoms with Gasteiger partial charge < -0.3 is 8.92 Å². The first-order valence-electron chi connectivity index (χ1n) is 7.55. The highest BCUT2D eigenvalue weighted by molar-refractivity contribution is 7.88. The van der Waals surface area contributed by atoms with Crippen LogP contribution in [0.5, 0.6) is 11.5 Å². The van der Waals surface area contributed by atoms with Crippen LogP contribution in [0.25, 0.3) is 0 Å². The third-order valence-corrected chi connectivity index (χ3v) is 4.61. The fourth-order valence-corrected chi connectivity index (χ4v) is 2.75. The normalized spacial score (nSPS) is 11.9. The number of methoxy groups -OCH3 is 1. The zero-order valence-electron chi connectivity index (χ0n) is 14.2. The Hall–Kier alpha value is -2.89. The molecule has 0 fully saturated rings. The first kappa shape index (κ1) is 21.4. The highest BCUT2D eigenvalue weighted by Crippen LogP contribution is 2.32. The van der Waals surface area contributed by atoms with E-state index in [-0.39, 0.29) is 24.2 Å². The van der Waals surface area contributed by atoms with E-state index in [1.54, 1.807) is 0 Å². The van der Waals surface area contributed by atoms with Crippen molar-refractivity contribution in [2.24, 2.45) is 0 Å². The SMILES string of the molecule is COc1ccc(OS(=O)(=O)C(F)(F)F)c(CCc2ccc(F)c([N+](=O)[O-])c2)c1. The van der Waals surface area contributed by atoms with Crippen molar-refractivity contribution in [2.75, 3.05) is 7.11 Å². The lowest BCUT2D eigenvalue weighted by atomic mass is 10.0. The summed E-state index contributed by atoms with van der Waals surface area (Å²) in [6.45, 7) is 0. The quantitative estimate of drug-likeness (QED) is 0.221. The lowest BCUT2D eigenvalue weighted by molar-refractivity contribution is -0.387. The van der Waals surface area contributed by atoms with Gasteiger partial charge in [-0.15, -0.1) is 0 Å². The summed E-state index contributed by atoms with van der Waals surface area (Å²) in [5, 5.41) is 10.8. The summed E-state index contributed by atoms with van der Waals surface area (Å²) in [6.07, 6.45) is -0.0145.